The number of benzene rings is 2. The summed E-state index contributed by atoms with van der Waals surface area (Å²) in [6.45, 7) is 2.58. The fraction of sp³-hybridized carbons (Fsp3) is 0.143. The Hall–Kier alpha value is -2.72. The fourth-order valence-corrected chi connectivity index (χ4v) is 3.63. The standard InChI is InChI=1S/C21H19NO2S/c1-15-12-13-25-19(15)14-22(2)21(24)18-11-7-6-10-17(18)20(23)16-8-4-3-5-9-16/h3-13H,14H2,1-2H3. The van der Waals surface area contributed by atoms with Gasteiger partial charge in [-0.1, -0.05) is 48.5 Å². The highest BCUT2D eigenvalue weighted by Gasteiger charge is 2.21. The van der Waals surface area contributed by atoms with Crippen molar-refractivity contribution >= 4 is 23.0 Å². The van der Waals surface area contributed by atoms with Crippen LogP contribution in [0.25, 0.3) is 0 Å². The van der Waals surface area contributed by atoms with Crippen molar-refractivity contribution in [1.82, 2.24) is 4.90 Å². The van der Waals surface area contributed by atoms with Gasteiger partial charge in [0.1, 0.15) is 0 Å². The molecule has 3 rings (SSSR count). The molecule has 25 heavy (non-hydrogen) atoms. The lowest BCUT2D eigenvalue weighted by Crippen LogP contribution is -2.27. The SMILES string of the molecule is Cc1ccsc1CN(C)C(=O)c1ccccc1C(=O)c1ccccc1. The number of carbonyl (C=O) groups is 2. The zero-order valence-electron chi connectivity index (χ0n) is 14.2. The summed E-state index contributed by atoms with van der Waals surface area (Å²) in [6, 6.07) is 18.1. The Morgan fingerprint density at radius 2 is 1.56 bits per heavy atom. The van der Waals surface area contributed by atoms with E-state index in [0.29, 0.717) is 23.2 Å². The Labute approximate surface area is 151 Å². The van der Waals surface area contributed by atoms with Crippen molar-refractivity contribution in [2.75, 3.05) is 7.05 Å². The zero-order valence-corrected chi connectivity index (χ0v) is 15.0. The third-order valence-corrected chi connectivity index (χ3v) is 5.14. The minimum atomic E-state index is -0.146. The maximum Gasteiger partial charge on any atom is 0.254 e. The van der Waals surface area contributed by atoms with Crippen LogP contribution in [0, 0.1) is 6.92 Å². The highest BCUT2D eigenvalue weighted by atomic mass is 32.1. The van der Waals surface area contributed by atoms with E-state index in [0.717, 1.165) is 4.88 Å². The molecular formula is C21H19NO2S. The molecule has 0 saturated carbocycles. The van der Waals surface area contributed by atoms with E-state index in [1.807, 2.05) is 36.6 Å². The van der Waals surface area contributed by atoms with Gasteiger partial charge in [0.2, 0.25) is 0 Å². The molecule has 1 heterocycles. The normalized spacial score (nSPS) is 10.5. The highest BCUT2D eigenvalue weighted by molar-refractivity contribution is 7.10. The first kappa shape index (κ1) is 17.1. The molecular weight excluding hydrogens is 330 g/mol. The Bertz CT molecular complexity index is 899. The number of carbonyl (C=O) groups excluding carboxylic acids is 2. The van der Waals surface area contributed by atoms with Gasteiger partial charge in [-0.15, -0.1) is 11.3 Å². The number of rotatable bonds is 5. The van der Waals surface area contributed by atoms with Crippen LogP contribution >= 0.6 is 11.3 Å². The molecule has 0 aliphatic carbocycles. The molecule has 0 aliphatic rings. The third kappa shape index (κ3) is 3.69. The van der Waals surface area contributed by atoms with Crippen molar-refractivity contribution in [2.45, 2.75) is 13.5 Å². The van der Waals surface area contributed by atoms with Crippen molar-refractivity contribution in [3.63, 3.8) is 0 Å². The Kier molecular flexibility index (Phi) is 5.10. The summed E-state index contributed by atoms with van der Waals surface area (Å²) in [5.41, 5.74) is 2.64. The van der Waals surface area contributed by atoms with E-state index in [-0.39, 0.29) is 11.7 Å². The molecule has 0 spiro atoms. The minimum absolute atomic E-state index is 0.134. The zero-order chi connectivity index (χ0) is 17.8. The van der Waals surface area contributed by atoms with Gasteiger partial charge < -0.3 is 4.90 Å². The molecule has 3 aromatic rings. The number of ketones is 1. The predicted octanol–water partition coefficient (Wildman–Crippen LogP) is 4.56. The summed E-state index contributed by atoms with van der Waals surface area (Å²) < 4.78 is 0. The van der Waals surface area contributed by atoms with Crippen LogP contribution in [0.15, 0.2) is 66.0 Å². The third-order valence-electron chi connectivity index (χ3n) is 4.13. The van der Waals surface area contributed by atoms with Gasteiger partial charge in [0.15, 0.2) is 5.78 Å². The Balaban J connectivity index is 1.88. The van der Waals surface area contributed by atoms with Gasteiger partial charge in [-0.05, 0) is 30.0 Å². The van der Waals surface area contributed by atoms with Gasteiger partial charge in [0.05, 0.1) is 12.1 Å². The van der Waals surface area contributed by atoms with Crippen molar-refractivity contribution in [3.8, 4) is 0 Å². The number of amides is 1. The summed E-state index contributed by atoms with van der Waals surface area (Å²) in [6.07, 6.45) is 0. The molecule has 1 amide bonds. The molecule has 2 aromatic carbocycles. The van der Waals surface area contributed by atoms with Crippen LogP contribution in [0.2, 0.25) is 0 Å². The van der Waals surface area contributed by atoms with Gasteiger partial charge in [-0.3, -0.25) is 9.59 Å². The van der Waals surface area contributed by atoms with Gasteiger partial charge >= 0.3 is 0 Å². The number of hydrogen-bond donors (Lipinski definition) is 0. The molecule has 126 valence electrons. The molecule has 0 bridgehead atoms. The number of hydrogen-bond acceptors (Lipinski definition) is 3. The van der Waals surface area contributed by atoms with Crippen LogP contribution in [-0.2, 0) is 6.54 Å². The van der Waals surface area contributed by atoms with Crippen molar-refractivity contribution in [1.29, 1.82) is 0 Å². The van der Waals surface area contributed by atoms with Crippen LogP contribution in [0.1, 0.15) is 36.7 Å². The summed E-state index contributed by atoms with van der Waals surface area (Å²) >= 11 is 1.64. The monoisotopic (exact) mass is 349 g/mol. The smallest absolute Gasteiger partial charge is 0.254 e. The van der Waals surface area contributed by atoms with E-state index in [2.05, 4.69) is 0 Å². The van der Waals surface area contributed by atoms with Gasteiger partial charge in [-0.25, -0.2) is 0 Å². The van der Waals surface area contributed by atoms with E-state index in [1.54, 1.807) is 59.7 Å². The average molecular weight is 349 g/mol. The first-order valence-corrected chi connectivity index (χ1v) is 8.93. The molecule has 0 aliphatic heterocycles. The molecule has 0 saturated heterocycles. The molecule has 0 radical (unpaired) electrons. The molecule has 0 unspecified atom stereocenters. The summed E-state index contributed by atoms with van der Waals surface area (Å²) in [5, 5.41) is 2.02. The summed E-state index contributed by atoms with van der Waals surface area (Å²) in [7, 11) is 1.77. The average Bonchev–Trinajstić information content (AvgIpc) is 3.06. The van der Waals surface area contributed by atoms with Gasteiger partial charge in [-0.2, -0.15) is 0 Å². The van der Waals surface area contributed by atoms with Crippen LogP contribution in [0.3, 0.4) is 0 Å². The molecule has 1 aromatic heterocycles. The molecule has 4 heteroatoms. The molecule has 0 fully saturated rings. The topological polar surface area (TPSA) is 37.4 Å². The van der Waals surface area contributed by atoms with E-state index in [9.17, 15) is 9.59 Å². The number of thiophene rings is 1. The molecule has 0 N–H and O–H groups in total. The van der Waals surface area contributed by atoms with Crippen molar-refractivity contribution in [2.24, 2.45) is 0 Å². The van der Waals surface area contributed by atoms with Crippen LogP contribution < -0.4 is 0 Å². The Morgan fingerprint density at radius 3 is 2.20 bits per heavy atom. The largest absolute Gasteiger partial charge is 0.337 e. The Morgan fingerprint density at radius 1 is 0.920 bits per heavy atom. The molecule has 3 nitrogen and oxygen atoms in total. The van der Waals surface area contributed by atoms with Crippen LogP contribution in [0.4, 0.5) is 0 Å². The lowest BCUT2D eigenvalue weighted by atomic mass is 9.97. The van der Waals surface area contributed by atoms with Crippen LogP contribution in [0.5, 0.6) is 0 Å². The first-order chi connectivity index (χ1) is 12.1. The predicted molar refractivity (Wildman–Crippen MR) is 101 cm³/mol. The van der Waals surface area contributed by atoms with E-state index in [1.165, 1.54) is 5.56 Å². The molecule has 0 atom stereocenters. The quantitative estimate of drug-likeness (QED) is 0.633. The van der Waals surface area contributed by atoms with E-state index in [4.69, 9.17) is 0 Å². The first-order valence-electron chi connectivity index (χ1n) is 8.05. The maximum atomic E-state index is 12.9. The number of aryl methyl sites for hydroxylation is 1. The van der Waals surface area contributed by atoms with Crippen LogP contribution in [-0.4, -0.2) is 23.6 Å². The van der Waals surface area contributed by atoms with Gasteiger partial charge in [0.25, 0.3) is 5.91 Å². The number of nitrogens with zero attached hydrogens (tertiary/aromatic N) is 1. The van der Waals surface area contributed by atoms with Crippen molar-refractivity contribution in [3.05, 3.63) is 93.2 Å². The summed E-state index contributed by atoms with van der Waals surface area (Å²) in [5.74, 6) is -0.280. The highest BCUT2D eigenvalue weighted by Crippen LogP contribution is 2.20. The maximum absolute atomic E-state index is 12.9. The summed E-state index contributed by atoms with van der Waals surface area (Å²) in [4.78, 5) is 28.5. The fourth-order valence-electron chi connectivity index (χ4n) is 2.67. The van der Waals surface area contributed by atoms with E-state index >= 15 is 0 Å². The lowest BCUT2D eigenvalue weighted by Gasteiger charge is -2.18. The second kappa shape index (κ2) is 7.45. The van der Waals surface area contributed by atoms with E-state index < -0.39 is 0 Å². The second-order valence-corrected chi connectivity index (χ2v) is 6.93. The van der Waals surface area contributed by atoms with Crippen molar-refractivity contribution < 1.29 is 9.59 Å². The second-order valence-electron chi connectivity index (χ2n) is 5.93. The lowest BCUT2D eigenvalue weighted by molar-refractivity contribution is 0.0781. The van der Waals surface area contributed by atoms with Gasteiger partial charge in [0, 0.05) is 23.1 Å². The minimum Gasteiger partial charge on any atom is -0.337 e.